The summed E-state index contributed by atoms with van der Waals surface area (Å²) in [5.41, 5.74) is 0. The lowest BCUT2D eigenvalue weighted by Crippen LogP contribution is -2.58. The number of amides is 2. The zero-order valence-corrected chi connectivity index (χ0v) is 9.71. The van der Waals surface area contributed by atoms with Crippen LogP contribution in [0.25, 0.3) is 0 Å². The molecule has 1 saturated heterocycles. The van der Waals surface area contributed by atoms with Gasteiger partial charge >= 0.3 is 0 Å². The van der Waals surface area contributed by atoms with Gasteiger partial charge in [0.1, 0.15) is 24.4 Å². The maximum absolute atomic E-state index is 10.0. The minimum Gasteiger partial charge on any atom is -0.394 e. The molecule has 0 radical (unpaired) electrons. The zero-order valence-electron chi connectivity index (χ0n) is 9.71. The van der Waals surface area contributed by atoms with E-state index in [2.05, 4.69) is 4.74 Å². The summed E-state index contributed by atoms with van der Waals surface area (Å²) in [4.78, 5) is 20.1. The van der Waals surface area contributed by atoms with Crippen molar-refractivity contribution in [3.05, 3.63) is 12.2 Å². The highest BCUT2D eigenvalue weighted by Crippen LogP contribution is 2.18. The quantitative estimate of drug-likeness (QED) is 0.265. The monoisotopic (exact) mass is 277 g/mol. The first kappa shape index (κ1) is 15.7. The molecule has 0 unspecified atom stereocenters. The predicted octanol–water partition coefficient (Wildman–Crippen LogP) is -4.02. The molecule has 2 aliphatic heterocycles. The lowest BCUT2D eigenvalue weighted by molar-refractivity contribution is -0.286. The van der Waals surface area contributed by atoms with Gasteiger partial charge in [-0.1, -0.05) is 0 Å². The van der Waals surface area contributed by atoms with Crippen LogP contribution < -0.4 is 5.32 Å². The Labute approximate surface area is 107 Å². The summed E-state index contributed by atoms with van der Waals surface area (Å²) >= 11 is 0. The van der Waals surface area contributed by atoms with Gasteiger partial charge in [0, 0.05) is 12.2 Å². The van der Waals surface area contributed by atoms with E-state index < -0.39 is 37.3 Å². The van der Waals surface area contributed by atoms with E-state index in [1.54, 1.807) is 0 Å². The summed E-state index contributed by atoms with van der Waals surface area (Å²) in [6.07, 6.45) is -4.65. The molecule has 1 fully saturated rings. The van der Waals surface area contributed by atoms with Crippen LogP contribution in [0.15, 0.2) is 12.2 Å². The van der Waals surface area contributed by atoms with Crippen LogP contribution in [0.1, 0.15) is 0 Å². The third kappa shape index (κ3) is 4.06. The highest BCUT2D eigenvalue weighted by Gasteiger charge is 2.42. The number of aliphatic hydroxyl groups excluding tert-OH is 5. The van der Waals surface area contributed by atoms with Crippen molar-refractivity contribution in [2.75, 3.05) is 6.61 Å². The Balaban J connectivity index is 0.000000218. The Morgan fingerprint density at radius 3 is 1.89 bits per heavy atom. The molecule has 5 atom stereocenters. The Kier molecular flexibility index (Phi) is 5.54. The molecule has 6 N–H and O–H groups in total. The van der Waals surface area contributed by atoms with E-state index in [0.717, 1.165) is 0 Å². The number of nitrogens with one attached hydrogen (secondary N) is 1. The Hall–Kier alpha value is -1.36. The fourth-order valence-corrected chi connectivity index (χ4v) is 1.44. The van der Waals surface area contributed by atoms with Crippen LogP contribution in [-0.4, -0.2) is 74.7 Å². The maximum Gasteiger partial charge on any atom is 0.250 e. The lowest BCUT2D eigenvalue weighted by Gasteiger charge is -2.37. The topological polar surface area (TPSA) is 157 Å². The van der Waals surface area contributed by atoms with Crippen molar-refractivity contribution in [3.63, 3.8) is 0 Å². The maximum atomic E-state index is 10.0. The van der Waals surface area contributed by atoms with Crippen molar-refractivity contribution >= 4 is 11.8 Å². The van der Waals surface area contributed by atoms with Crippen molar-refractivity contribution in [2.24, 2.45) is 0 Å². The molecule has 19 heavy (non-hydrogen) atoms. The van der Waals surface area contributed by atoms with Crippen molar-refractivity contribution < 1.29 is 39.9 Å². The van der Waals surface area contributed by atoms with E-state index in [1.165, 1.54) is 12.2 Å². The number of ether oxygens (including phenoxy) is 1. The molecule has 0 spiro atoms. The van der Waals surface area contributed by atoms with Gasteiger partial charge in [-0.2, -0.15) is 0 Å². The third-order valence-electron chi connectivity index (χ3n) is 2.50. The number of rotatable bonds is 1. The highest BCUT2D eigenvalue weighted by atomic mass is 16.6. The summed E-state index contributed by atoms with van der Waals surface area (Å²) in [7, 11) is 0. The van der Waals surface area contributed by atoms with Crippen LogP contribution >= 0.6 is 0 Å². The van der Waals surface area contributed by atoms with Gasteiger partial charge in [0.2, 0.25) is 0 Å². The smallest absolute Gasteiger partial charge is 0.250 e. The molecular formula is C10H15NO8. The van der Waals surface area contributed by atoms with Crippen LogP contribution in [0, 0.1) is 0 Å². The van der Waals surface area contributed by atoms with Crippen LogP contribution in [0.3, 0.4) is 0 Å². The first-order valence-corrected chi connectivity index (χ1v) is 5.38. The molecule has 0 aromatic carbocycles. The summed E-state index contributed by atoms with van der Waals surface area (Å²) in [6, 6.07) is 0. The average Bonchev–Trinajstić information content (AvgIpc) is 2.76. The molecule has 0 aromatic rings. The Bertz CT molecular complexity index is 350. The minimum absolute atomic E-state index is 0.329. The number of aliphatic hydroxyl groups is 5. The molecule has 2 aliphatic rings. The third-order valence-corrected chi connectivity index (χ3v) is 2.50. The molecule has 9 nitrogen and oxygen atoms in total. The van der Waals surface area contributed by atoms with Crippen LogP contribution in [0.4, 0.5) is 0 Å². The molecule has 9 heteroatoms. The Morgan fingerprint density at radius 1 is 1.00 bits per heavy atom. The van der Waals surface area contributed by atoms with E-state index in [0.29, 0.717) is 0 Å². The number of carbonyl (C=O) groups is 2. The van der Waals surface area contributed by atoms with Gasteiger partial charge in [0.25, 0.3) is 11.8 Å². The van der Waals surface area contributed by atoms with Gasteiger partial charge in [-0.05, 0) is 0 Å². The van der Waals surface area contributed by atoms with Crippen molar-refractivity contribution in [1.82, 2.24) is 5.32 Å². The molecule has 2 rings (SSSR count). The number of imide groups is 1. The summed E-state index contributed by atoms with van der Waals surface area (Å²) in [5, 5.41) is 46.7. The van der Waals surface area contributed by atoms with Crippen LogP contribution in [0.2, 0.25) is 0 Å². The van der Waals surface area contributed by atoms with Gasteiger partial charge in [-0.3, -0.25) is 14.9 Å². The molecule has 2 amide bonds. The van der Waals surface area contributed by atoms with Gasteiger partial charge in [-0.25, -0.2) is 0 Å². The van der Waals surface area contributed by atoms with E-state index >= 15 is 0 Å². The van der Waals surface area contributed by atoms with E-state index in [1.807, 2.05) is 5.32 Å². The molecule has 2 heterocycles. The second-order valence-electron chi connectivity index (χ2n) is 3.91. The Morgan fingerprint density at radius 2 is 1.53 bits per heavy atom. The van der Waals surface area contributed by atoms with Gasteiger partial charge in [-0.15, -0.1) is 0 Å². The second-order valence-corrected chi connectivity index (χ2v) is 3.91. The van der Waals surface area contributed by atoms with Crippen molar-refractivity contribution in [1.29, 1.82) is 0 Å². The average molecular weight is 277 g/mol. The number of carbonyl (C=O) groups excluding carboxylic acids is 2. The fourth-order valence-electron chi connectivity index (χ4n) is 1.44. The first-order chi connectivity index (χ1) is 8.86. The second kappa shape index (κ2) is 6.70. The number of hydrogen-bond acceptors (Lipinski definition) is 8. The normalized spacial score (nSPS) is 37.6. The summed E-state index contributed by atoms with van der Waals surface area (Å²) in [5.74, 6) is -0.657. The lowest BCUT2D eigenvalue weighted by atomic mass is 10.00. The van der Waals surface area contributed by atoms with E-state index in [-0.39, 0.29) is 11.8 Å². The predicted molar refractivity (Wildman–Crippen MR) is 58.3 cm³/mol. The zero-order chi connectivity index (χ0) is 14.6. The standard InChI is InChI=1S/C6H12O6.C4H3NO2/c7-1-2-3(8)4(9)5(10)6(11)12-2;6-3-1-2-4(7)5-3/h2-11H,1H2;1-2H,(H,5,6,7)/t2-,3+,4+,5-,6-;/m1./s1. The summed E-state index contributed by atoms with van der Waals surface area (Å²) < 4.78 is 4.58. The number of hydrogen-bond donors (Lipinski definition) is 6. The molecule has 0 saturated carbocycles. The highest BCUT2D eigenvalue weighted by molar-refractivity contribution is 6.12. The van der Waals surface area contributed by atoms with Gasteiger partial charge in [0.15, 0.2) is 6.29 Å². The first-order valence-electron chi connectivity index (χ1n) is 5.38. The molecular weight excluding hydrogens is 262 g/mol. The van der Waals surface area contributed by atoms with Crippen LogP contribution in [0.5, 0.6) is 0 Å². The van der Waals surface area contributed by atoms with Gasteiger partial charge < -0.3 is 30.3 Å². The largest absolute Gasteiger partial charge is 0.394 e. The van der Waals surface area contributed by atoms with E-state index in [9.17, 15) is 9.59 Å². The molecule has 0 aromatic heterocycles. The minimum atomic E-state index is -1.57. The SMILES string of the molecule is O=C1C=CC(=O)N1.OC[C@H]1O[C@@H](O)[C@H](O)[C@@H](O)[C@H]1O. The van der Waals surface area contributed by atoms with E-state index in [4.69, 9.17) is 25.5 Å². The van der Waals surface area contributed by atoms with Gasteiger partial charge in [0.05, 0.1) is 6.61 Å². The molecule has 108 valence electrons. The summed E-state index contributed by atoms with van der Waals surface area (Å²) in [6.45, 7) is -0.526. The van der Waals surface area contributed by atoms with Crippen molar-refractivity contribution in [3.8, 4) is 0 Å². The molecule has 0 aliphatic carbocycles. The van der Waals surface area contributed by atoms with Crippen LogP contribution in [-0.2, 0) is 14.3 Å². The molecule has 0 bridgehead atoms. The van der Waals surface area contributed by atoms with Crippen molar-refractivity contribution in [2.45, 2.75) is 30.7 Å². The fraction of sp³-hybridized carbons (Fsp3) is 0.600.